The summed E-state index contributed by atoms with van der Waals surface area (Å²) in [6.45, 7) is 0.991. The van der Waals surface area contributed by atoms with E-state index >= 15 is 0 Å². The summed E-state index contributed by atoms with van der Waals surface area (Å²) in [4.78, 5) is 33.8. The number of hydrogen-bond acceptors (Lipinski definition) is 6. The molecule has 104 valence electrons. The SMILES string of the molecule is NC(=O)[C@@H]1CCN(Cc2cc3ncnc(N)c3s2)C1=O. The highest BCUT2D eigenvalue weighted by atomic mass is 32.1. The Morgan fingerprint density at radius 2 is 2.30 bits per heavy atom. The molecule has 0 unspecified atom stereocenters. The van der Waals surface area contributed by atoms with Gasteiger partial charge in [0.25, 0.3) is 0 Å². The van der Waals surface area contributed by atoms with Crippen molar-refractivity contribution in [3.8, 4) is 0 Å². The van der Waals surface area contributed by atoms with E-state index in [1.165, 1.54) is 17.7 Å². The summed E-state index contributed by atoms with van der Waals surface area (Å²) in [5, 5.41) is 0. The number of primary amides is 1. The maximum absolute atomic E-state index is 12.0. The van der Waals surface area contributed by atoms with Crippen molar-refractivity contribution >= 4 is 39.2 Å². The van der Waals surface area contributed by atoms with Crippen molar-refractivity contribution < 1.29 is 9.59 Å². The fraction of sp³-hybridized carbons (Fsp3) is 0.333. The monoisotopic (exact) mass is 291 g/mol. The highest BCUT2D eigenvalue weighted by Crippen LogP contribution is 2.29. The molecule has 0 bridgehead atoms. The van der Waals surface area contributed by atoms with Gasteiger partial charge in [0.05, 0.1) is 16.8 Å². The van der Waals surface area contributed by atoms with Crippen LogP contribution in [-0.4, -0.2) is 33.2 Å². The van der Waals surface area contributed by atoms with Gasteiger partial charge in [0.15, 0.2) is 0 Å². The first-order chi connectivity index (χ1) is 9.56. The Labute approximate surface area is 118 Å². The minimum Gasteiger partial charge on any atom is -0.382 e. The maximum Gasteiger partial charge on any atom is 0.235 e. The van der Waals surface area contributed by atoms with Crippen LogP contribution < -0.4 is 11.5 Å². The van der Waals surface area contributed by atoms with Gasteiger partial charge >= 0.3 is 0 Å². The number of nitrogens with zero attached hydrogens (tertiary/aromatic N) is 3. The van der Waals surface area contributed by atoms with E-state index in [4.69, 9.17) is 11.5 Å². The molecule has 0 aliphatic carbocycles. The van der Waals surface area contributed by atoms with E-state index in [0.717, 1.165) is 15.1 Å². The lowest BCUT2D eigenvalue weighted by molar-refractivity contribution is -0.136. The molecule has 2 aromatic heterocycles. The zero-order valence-corrected chi connectivity index (χ0v) is 11.4. The van der Waals surface area contributed by atoms with Crippen LogP contribution in [0, 0.1) is 5.92 Å². The van der Waals surface area contributed by atoms with Crippen LogP contribution in [0.4, 0.5) is 5.82 Å². The third-order valence-electron chi connectivity index (χ3n) is 3.38. The van der Waals surface area contributed by atoms with Crippen molar-refractivity contribution in [2.75, 3.05) is 12.3 Å². The predicted molar refractivity (Wildman–Crippen MR) is 74.5 cm³/mol. The fourth-order valence-electron chi connectivity index (χ4n) is 2.35. The molecule has 1 saturated heterocycles. The van der Waals surface area contributed by atoms with E-state index < -0.39 is 11.8 Å². The lowest BCUT2D eigenvalue weighted by atomic mass is 10.1. The molecule has 2 amide bonds. The van der Waals surface area contributed by atoms with Crippen molar-refractivity contribution in [2.45, 2.75) is 13.0 Å². The number of rotatable bonds is 3. The molecule has 3 rings (SSSR count). The number of anilines is 1. The van der Waals surface area contributed by atoms with Crippen molar-refractivity contribution in [3.63, 3.8) is 0 Å². The van der Waals surface area contributed by atoms with Crippen LogP contribution in [-0.2, 0) is 16.1 Å². The van der Waals surface area contributed by atoms with Gasteiger partial charge in [0, 0.05) is 11.4 Å². The number of carbonyl (C=O) groups excluding carboxylic acids is 2. The van der Waals surface area contributed by atoms with Gasteiger partial charge in [0.1, 0.15) is 18.1 Å². The van der Waals surface area contributed by atoms with E-state index in [2.05, 4.69) is 9.97 Å². The highest BCUT2D eigenvalue weighted by molar-refractivity contribution is 7.19. The zero-order valence-electron chi connectivity index (χ0n) is 10.6. The van der Waals surface area contributed by atoms with Crippen LogP contribution >= 0.6 is 11.3 Å². The molecule has 7 nitrogen and oxygen atoms in total. The molecule has 8 heteroatoms. The summed E-state index contributed by atoms with van der Waals surface area (Å²) in [5.41, 5.74) is 11.8. The first-order valence-corrected chi connectivity index (χ1v) is 6.95. The van der Waals surface area contributed by atoms with Crippen molar-refractivity contribution in [1.29, 1.82) is 0 Å². The molecule has 1 aliphatic heterocycles. The van der Waals surface area contributed by atoms with Crippen LogP contribution in [0.15, 0.2) is 12.4 Å². The van der Waals surface area contributed by atoms with E-state index in [9.17, 15) is 9.59 Å². The molecule has 4 N–H and O–H groups in total. The molecule has 1 fully saturated rings. The number of aromatic nitrogens is 2. The van der Waals surface area contributed by atoms with Gasteiger partial charge in [-0.2, -0.15) is 0 Å². The Hall–Kier alpha value is -2.22. The van der Waals surface area contributed by atoms with Crippen LogP contribution in [0.2, 0.25) is 0 Å². The van der Waals surface area contributed by atoms with Crippen molar-refractivity contribution in [1.82, 2.24) is 14.9 Å². The smallest absolute Gasteiger partial charge is 0.235 e. The average molecular weight is 291 g/mol. The van der Waals surface area contributed by atoms with E-state index in [1.807, 2.05) is 6.07 Å². The summed E-state index contributed by atoms with van der Waals surface area (Å²) in [6, 6.07) is 1.89. The first kappa shape index (κ1) is 12.8. The summed E-state index contributed by atoms with van der Waals surface area (Å²) >= 11 is 1.46. The first-order valence-electron chi connectivity index (χ1n) is 6.13. The third kappa shape index (κ3) is 2.07. The second-order valence-corrected chi connectivity index (χ2v) is 5.83. The number of thiophene rings is 1. The molecule has 2 aromatic rings. The molecule has 1 atom stereocenters. The average Bonchev–Trinajstić information content (AvgIpc) is 2.95. The number of amides is 2. The topological polar surface area (TPSA) is 115 Å². The molecule has 20 heavy (non-hydrogen) atoms. The maximum atomic E-state index is 12.0. The van der Waals surface area contributed by atoms with Gasteiger partial charge in [-0.3, -0.25) is 9.59 Å². The van der Waals surface area contributed by atoms with Gasteiger partial charge in [-0.05, 0) is 12.5 Å². The standard InChI is InChI=1S/C12H13N5O2S/c13-10-9-8(15-5-16-10)3-6(20-9)4-17-2-1-7(11(14)18)12(17)19/h3,5,7H,1-2,4H2,(H2,14,18)(H2,13,15,16)/t7-/m0/s1. The van der Waals surface area contributed by atoms with E-state index in [1.54, 1.807) is 4.90 Å². The van der Waals surface area contributed by atoms with Crippen molar-refractivity contribution in [2.24, 2.45) is 11.7 Å². The molecular weight excluding hydrogens is 278 g/mol. The Kier molecular flexibility index (Phi) is 3.01. The minimum absolute atomic E-state index is 0.200. The van der Waals surface area contributed by atoms with Crippen molar-refractivity contribution in [3.05, 3.63) is 17.3 Å². The molecule has 1 aliphatic rings. The van der Waals surface area contributed by atoms with Gasteiger partial charge in [0.2, 0.25) is 11.8 Å². The second-order valence-electron chi connectivity index (χ2n) is 4.69. The number of carbonyl (C=O) groups is 2. The summed E-state index contributed by atoms with van der Waals surface area (Å²) < 4.78 is 0.820. The number of nitrogens with two attached hydrogens (primary N) is 2. The molecule has 0 radical (unpaired) electrons. The number of hydrogen-bond donors (Lipinski definition) is 2. The largest absolute Gasteiger partial charge is 0.382 e. The minimum atomic E-state index is -0.686. The quantitative estimate of drug-likeness (QED) is 0.779. The Morgan fingerprint density at radius 1 is 1.50 bits per heavy atom. The Bertz CT molecular complexity index is 698. The zero-order chi connectivity index (χ0) is 14.3. The number of fused-ring (bicyclic) bond motifs is 1. The van der Waals surface area contributed by atoms with E-state index in [-0.39, 0.29) is 5.91 Å². The Morgan fingerprint density at radius 3 is 2.95 bits per heavy atom. The van der Waals surface area contributed by atoms with Crippen LogP contribution in [0.25, 0.3) is 10.2 Å². The summed E-state index contributed by atoms with van der Waals surface area (Å²) in [5.74, 6) is -0.999. The number of nitrogen functional groups attached to an aromatic ring is 1. The van der Waals surface area contributed by atoms with Gasteiger partial charge in [-0.25, -0.2) is 9.97 Å². The van der Waals surface area contributed by atoms with Gasteiger partial charge < -0.3 is 16.4 Å². The lowest BCUT2D eigenvalue weighted by Gasteiger charge is -2.14. The highest BCUT2D eigenvalue weighted by Gasteiger charge is 2.35. The van der Waals surface area contributed by atoms with Crippen LogP contribution in [0.5, 0.6) is 0 Å². The lowest BCUT2D eigenvalue weighted by Crippen LogP contribution is -2.32. The third-order valence-corrected chi connectivity index (χ3v) is 4.51. The number of likely N-dealkylation sites (tertiary alicyclic amines) is 1. The molecule has 0 aromatic carbocycles. The molecule has 0 saturated carbocycles. The molecule has 3 heterocycles. The summed E-state index contributed by atoms with van der Waals surface area (Å²) in [6.07, 6.45) is 1.90. The fourth-order valence-corrected chi connectivity index (χ4v) is 3.37. The summed E-state index contributed by atoms with van der Waals surface area (Å²) in [7, 11) is 0. The molecular formula is C12H13N5O2S. The Balaban J connectivity index is 1.82. The normalized spacial score (nSPS) is 18.9. The second kappa shape index (κ2) is 4.71. The van der Waals surface area contributed by atoms with Crippen LogP contribution in [0.1, 0.15) is 11.3 Å². The predicted octanol–water partition coefficient (Wildman–Crippen LogP) is 0.107. The van der Waals surface area contributed by atoms with Gasteiger partial charge in [-0.15, -0.1) is 11.3 Å². The van der Waals surface area contributed by atoms with E-state index in [0.29, 0.717) is 25.3 Å². The molecule has 0 spiro atoms. The van der Waals surface area contributed by atoms with Gasteiger partial charge in [-0.1, -0.05) is 0 Å². The van der Waals surface area contributed by atoms with Crippen LogP contribution in [0.3, 0.4) is 0 Å².